The van der Waals surface area contributed by atoms with Crippen molar-refractivity contribution in [2.45, 2.75) is 25.0 Å². The van der Waals surface area contributed by atoms with Gasteiger partial charge in [-0.1, -0.05) is 0 Å². The number of nitrogens with zero attached hydrogens (tertiary/aromatic N) is 1. The summed E-state index contributed by atoms with van der Waals surface area (Å²) >= 11 is 0. The van der Waals surface area contributed by atoms with Crippen LogP contribution in [0.5, 0.6) is 0 Å². The van der Waals surface area contributed by atoms with Gasteiger partial charge in [-0.2, -0.15) is 0 Å². The molecule has 0 radical (unpaired) electrons. The number of carbonyl (C=O) groups is 1. The lowest BCUT2D eigenvalue weighted by Gasteiger charge is -2.22. The van der Waals surface area contributed by atoms with Gasteiger partial charge < -0.3 is 29.5 Å². The Morgan fingerprint density at radius 2 is 2.00 bits per heavy atom. The normalized spacial score (nSPS) is 22.0. The van der Waals surface area contributed by atoms with Crippen LogP contribution >= 0.6 is 0 Å². The first-order valence-electron chi connectivity index (χ1n) is 7.46. The fourth-order valence-corrected chi connectivity index (χ4v) is 2.32. The molecule has 7 heteroatoms. The van der Waals surface area contributed by atoms with Crippen molar-refractivity contribution >= 4 is 5.91 Å². The lowest BCUT2D eigenvalue weighted by molar-refractivity contribution is -0.134. The van der Waals surface area contributed by atoms with Crippen LogP contribution in [-0.4, -0.2) is 88.3 Å². The average Bonchev–Trinajstić information content (AvgIpc) is 2.93. The Morgan fingerprint density at radius 1 is 1.29 bits per heavy atom. The van der Waals surface area contributed by atoms with Gasteiger partial charge in [-0.15, -0.1) is 0 Å². The smallest absolute Gasteiger partial charge is 0.225 e. The van der Waals surface area contributed by atoms with Crippen molar-refractivity contribution in [3.8, 4) is 0 Å². The van der Waals surface area contributed by atoms with E-state index in [9.17, 15) is 9.90 Å². The Labute approximate surface area is 126 Å². The first-order chi connectivity index (χ1) is 10.2. The number of nitrogens with one attached hydrogen (secondary N) is 1. The maximum Gasteiger partial charge on any atom is 0.225 e. The number of methoxy groups -OCH3 is 1. The molecule has 0 aromatic heterocycles. The summed E-state index contributed by atoms with van der Waals surface area (Å²) in [6.07, 6.45) is 1.04. The Morgan fingerprint density at radius 3 is 2.62 bits per heavy atom. The number of aliphatic hydroxyl groups excluding tert-OH is 1. The van der Waals surface area contributed by atoms with Crippen LogP contribution in [0.25, 0.3) is 0 Å². The monoisotopic (exact) mass is 304 g/mol. The molecule has 1 amide bonds. The number of amides is 1. The van der Waals surface area contributed by atoms with Crippen LogP contribution in [0.4, 0.5) is 0 Å². The Hall–Kier alpha value is -0.730. The SMILES string of the molecule is CNCCOCCOCCC(=O)N1C[C@H](OC)C[C@H]1CO. The third-order valence-electron chi connectivity index (χ3n) is 3.57. The van der Waals surface area contributed by atoms with E-state index < -0.39 is 0 Å². The van der Waals surface area contributed by atoms with E-state index in [1.54, 1.807) is 12.0 Å². The summed E-state index contributed by atoms with van der Waals surface area (Å²) in [6, 6.07) is -0.132. The lowest BCUT2D eigenvalue weighted by atomic mass is 10.2. The minimum Gasteiger partial charge on any atom is -0.394 e. The van der Waals surface area contributed by atoms with Crippen LogP contribution < -0.4 is 5.32 Å². The van der Waals surface area contributed by atoms with Gasteiger partial charge in [0.1, 0.15) is 0 Å². The molecule has 0 aromatic carbocycles. The van der Waals surface area contributed by atoms with Crippen LogP contribution in [0, 0.1) is 0 Å². The number of aliphatic hydroxyl groups is 1. The highest BCUT2D eigenvalue weighted by molar-refractivity contribution is 5.77. The predicted octanol–water partition coefficient (Wildman–Crippen LogP) is -0.763. The fraction of sp³-hybridized carbons (Fsp3) is 0.929. The molecule has 0 spiro atoms. The van der Waals surface area contributed by atoms with E-state index >= 15 is 0 Å². The van der Waals surface area contributed by atoms with Crippen LogP contribution in [0.1, 0.15) is 12.8 Å². The molecule has 0 unspecified atom stereocenters. The second-order valence-electron chi connectivity index (χ2n) is 5.05. The quantitative estimate of drug-likeness (QED) is 0.488. The summed E-state index contributed by atoms with van der Waals surface area (Å²) < 4.78 is 15.9. The Bertz CT molecular complexity index is 291. The molecule has 0 aliphatic carbocycles. The van der Waals surface area contributed by atoms with Gasteiger partial charge in [0, 0.05) is 20.2 Å². The van der Waals surface area contributed by atoms with Gasteiger partial charge in [-0.25, -0.2) is 0 Å². The highest BCUT2D eigenvalue weighted by Crippen LogP contribution is 2.20. The molecule has 2 atom stereocenters. The number of likely N-dealkylation sites (tertiary alicyclic amines) is 1. The van der Waals surface area contributed by atoms with Crippen LogP contribution in [0.3, 0.4) is 0 Å². The largest absolute Gasteiger partial charge is 0.394 e. The summed E-state index contributed by atoms with van der Waals surface area (Å²) in [6.45, 7) is 3.39. The first kappa shape index (κ1) is 18.3. The van der Waals surface area contributed by atoms with Crippen LogP contribution in [0.15, 0.2) is 0 Å². The molecule has 124 valence electrons. The highest BCUT2D eigenvalue weighted by atomic mass is 16.5. The second-order valence-corrected chi connectivity index (χ2v) is 5.05. The zero-order valence-electron chi connectivity index (χ0n) is 13.0. The van der Waals surface area contributed by atoms with Gasteiger partial charge in [0.25, 0.3) is 0 Å². The standard InChI is InChI=1S/C14H28N2O5/c1-15-4-6-21-8-7-20-5-3-14(18)16-10-13(19-2)9-12(16)11-17/h12-13,15,17H,3-11H2,1-2H3/t12-,13+/m0/s1. The third kappa shape index (κ3) is 6.71. The van der Waals surface area contributed by atoms with Crippen LogP contribution in [-0.2, 0) is 19.0 Å². The van der Waals surface area contributed by atoms with Crippen molar-refractivity contribution in [1.29, 1.82) is 0 Å². The van der Waals surface area contributed by atoms with E-state index in [0.29, 0.717) is 45.8 Å². The van der Waals surface area contributed by atoms with Crippen molar-refractivity contribution in [2.24, 2.45) is 0 Å². The molecular formula is C14H28N2O5. The van der Waals surface area contributed by atoms with Crippen molar-refractivity contribution in [3.05, 3.63) is 0 Å². The molecule has 0 aromatic rings. The van der Waals surface area contributed by atoms with Crippen LogP contribution in [0.2, 0.25) is 0 Å². The molecule has 7 nitrogen and oxygen atoms in total. The first-order valence-corrected chi connectivity index (χ1v) is 7.46. The maximum atomic E-state index is 12.1. The zero-order valence-corrected chi connectivity index (χ0v) is 13.0. The molecule has 21 heavy (non-hydrogen) atoms. The number of carbonyl (C=O) groups excluding carboxylic acids is 1. The summed E-state index contributed by atoms with van der Waals surface area (Å²) in [5.41, 5.74) is 0. The van der Waals surface area contributed by atoms with E-state index in [1.165, 1.54) is 0 Å². The summed E-state index contributed by atoms with van der Waals surface area (Å²) in [5.74, 6) is 0.00435. The van der Waals surface area contributed by atoms with Crippen molar-refractivity contribution in [1.82, 2.24) is 10.2 Å². The predicted molar refractivity (Wildman–Crippen MR) is 78.2 cm³/mol. The summed E-state index contributed by atoms with van der Waals surface area (Å²) in [4.78, 5) is 13.8. The van der Waals surface area contributed by atoms with Crippen molar-refractivity contribution in [2.75, 3.05) is 60.3 Å². The fourth-order valence-electron chi connectivity index (χ4n) is 2.32. The summed E-state index contributed by atoms with van der Waals surface area (Å²) in [7, 11) is 3.50. The molecule has 1 aliphatic heterocycles. The van der Waals surface area contributed by atoms with Gasteiger partial charge in [-0.3, -0.25) is 4.79 Å². The van der Waals surface area contributed by atoms with E-state index in [1.807, 2.05) is 7.05 Å². The molecule has 0 bridgehead atoms. The lowest BCUT2D eigenvalue weighted by Crippen LogP contribution is -2.38. The average molecular weight is 304 g/mol. The molecular weight excluding hydrogens is 276 g/mol. The number of hydrogen-bond donors (Lipinski definition) is 2. The van der Waals surface area contributed by atoms with E-state index in [0.717, 1.165) is 6.54 Å². The Kier molecular flexibility index (Phi) is 9.53. The zero-order chi connectivity index (χ0) is 15.5. The topological polar surface area (TPSA) is 80.3 Å². The molecule has 1 fully saturated rings. The molecule has 2 N–H and O–H groups in total. The molecule has 1 rings (SSSR count). The van der Waals surface area contributed by atoms with Crippen molar-refractivity contribution < 1.29 is 24.1 Å². The van der Waals surface area contributed by atoms with E-state index in [2.05, 4.69) is 5.32 Å². The maximum absolute atomic E-state index is 12.1. The second kappa shape index (κ2) is 10.9. The molecule has 1 heterocycles. The minimum atomic E-state index is -0.132. The third-order valence-corrected chi connectivity index (χ3v) is 3.57. The number of ether oxygens (including phenoxy) is 3. The van der Waals surface area contributed by atoms with Gasteiger partial charge in [0.05, 0.1) is 51.6 Å². The molecule has 1 saturated heterocycles. The Balaban J connectivity index is 2.10. The highest BCUT2D eigenvalue weighted by Gasteiger charge is 2.34. The van der Waals surface area contributed by atoms with E-state index in [4.69, 9.17) is 14.2 Å². The minimum absolute atomic E-state index is 0.00435. The summed E-state index contributed by atoms with van der Waals surface area (Å²) in [5, 5.41) is 12.3. The van der Waals surface area contributed by atoms with Gasteiger partial charge in [0.2, 0.25) is 5.91 Å². The number of rotatable bonds is 11. The van der Waals surface area contributed by atoms with Gasteiger partial charge in [-0.05, 0) is 13.5 Å². The molecule has 1 aliphatic rings. The van der Waals surface area contributed by atoms with E-state index in [-0.39, 0.29) is 24.7 Å². The number of likely N-dealkylation sites (N-methyl/N-ethyl adjacent to an activating group) is 1. The number of hydrogen-bond acceptors (Lipinski definition) is 6. The van der Waals surface area contributed by atoms with Crippen molar-refractivity contribution in [3.63, 3.8) is 0 Å². The van der Waals surface area contributed by atoms with Gasteiger partial charge in [0.15, 0.2) is 0 Å². The van der Waals surface area contributed by atoms with Gasteiger partial charge >= 0.3 is 0 Å². The molecule has 0 saturated carbocycles.